The van der Waals surface area contributed by atoms with Crippen molar-refractivity contribution < 1.29 is 4.39 Å². The Morgan fingerprint density at radius 1 is 1.36 bits per heavy atom. The monoisotopic (exact) mass is 236 g/mol. The van der Waals surface area contributed by atoms with Crippen LogP contribution >= 0.6 is 27.5 Å². The topological polar surface area (TPSA) is 0 Å². The lowest BCUT2D eigenvalue weighted by molar-refractivity contribution is 0.617. The molecule has 0 heterocycles. The third-order valence-corrected chi connectivity index (χ3v) is 3.02. The quantitative estimate of drug-likeness (QED) is 0.643. The van der Waals surface area contributed by atoms with E-state index in [2.05, 4.69) is 15.9 Å². The van der Waals surface area contributed by atoms with Gasteiger partial charge in [-0.1, -0.05) is 27.5 Å². The highest BCUT2D eigenvalue weighted by atomic mass is 79.9. The zero-order valence-electron chi connectivity index (χ0n) is 6.21. The molecule has 0 amide bonds. The first kappa shape index (κ1) is 9.01. The second kappa shape index (κ2) is 3.11. The molecule has 3 heteroatoms. The smallest absolute Gasteiger partial charge is 0.128 e. The zero-order chi connectivity index (χ0) is 8.59. The van der Waals surface area contributed by atoms with Gasteiger partial charge in [0, 0.05) is 10.0 Å². The Kier molecular flexibility index (Phi) is 2.55. The first-order valence-corrected chi connectivity index (χ1v) is 4.32. The van der Waals surface area contributed by atoms with Gasteiger partial charge in [0.1, 0.15) is 5.82 Å². The molecule has 11 heavy (non-hydrogen) atoms. The SMILES string of the molecule is Cc1c(F)cc(Br)c(C)c1Cl. The molecule has 0 spiro atoms. The molecule has 0 aromatic heterocycles. The van der Waals surface area contributed by atoms with E-state index < -0.39 is 0 Å². The molecule has 0 aliphatic carbocycles. The first-order valence-electron chi connectivity index (χ1n) is 3.14. The Balaban J connectivity index is 3.46. The number of hydrogen-bond acceptors (Lipinski definition) is 0. The Hall–Kier alpha value is -0.0800. The first-order chi connectivity index (χ1) is 5.04. The predicted octanol–water partition coefficient (Wildman–Crippen LogP) is 3.86. The van der Waals surface area contributed by atoms with Gasteiger partial charge in [0.2, 0.25) is 0 Å². The molecule has 0 aliphatic rings. The molecule has 0 aliphatic heterocycles. The van der Waals surface area contributed by atoms with Crippen molar-refractivity contribution in [2.45, 2.75) is 13.8 Å². The lowest BCUT2D eigenvalue weighted by Gasteiger charge is -2.05. The summed E-state index contributed by atoms with van der Waals surface area (Å²) in [7, 11) is 0. The molecule has 0 fully saturated rings. The molecule has 0 atom stereocenters. The van der Waals surface area contributed by atoms with Gasteiger partial charge in [0.25, 0.3) is 0 Å². The molecular weight excluding hydrogens is 230 g/mol. The standard InChI is InChI=1S/C8H7BrClF/c1-4-6(9)3-7(11)5(2)8(4)10/h3H,1-2H3. The second-order valence-electron chi connectivity index (χ2n) is 2.40. The van der Waals surface area contributed by atoms with E-state index in [0.717, 1.165) is 5.56 Å². The van der Waals surface area contributed by atoms with Crippen LogP contribution in [0.25, 0.3) is 0 Å². The van der Waals surface area contributed by atoms with Gasteiger partial charge in [-0.2, -0.15) is 0 Å². The van der Waals surface area contributed by atoms with Gasteiger partial charge in [0.15, 0.2) is 0 Å². The van der Waals surface area contributed by atoms with E-state index in [4.69, 9.17) is 11.6 Å². The highest BCUT2D eigenvalue weighted by Gasteiger charge is 2.08. The molecule has 0 radical (unpaired) electrons. The zero-order valence-corrected chi connectivity index (χ0v) is 8.55. The summed E-state index contributed by atoms with van der Waals surface area (Å²) in [5, 5.41) is 0.497. The van der Waals surface area contributed by atoms with Crippen LogP contribution in [0.15, 0.2) is 10.5 Å². The van der Waals surface area contributed by atoms with Crippen molar-refractivity contribution in [2.24, 2.45) is 0 Å². The van der Waals surface area contributed by atoms with E-state index in [9.17, 15) is 4.39 Å². The fourth-order valence-electron chi connectivity index (χ4n) is 0.819. The molecule has 1 aromatic carbocycles. The third-order valence-electron chi connectivity index (χ3n) is 1.63. The average Bonchev–Trinajstić information content (AvgIpc) is 1.97. The minimum atomic E-state index is -0.271. The van der Waals surface area contributed by atoms with Gasteiger partial charge in [0.05, 0.1) is 5.02 Å². The molecule has 0 bridgehead atoms. The Morgan fingerprint density at radius 3 is 2.45 bits per heavy atom. The summed E-state index contributed by atoms with van der Waals surface area (Å²) in [6.07, 6.45) is 0. The third kappa shape index (κ3) is 1.57. The van der Waals surface area contributed by atoms with Gasteiger partial charge >= 0.3 is 0 Å². The van der Waals surface area contributed by atoms with Gasteiger partial charge in [-0.05, 0) is 25.5 Å². The molecule has 60 valence electrons. The molecule has 0 N–H and O–H groups in total. The Bertz CT molecular complexity index is 270. The van der Waals surface area contributed by atoms with Crippen LogP contribution in [-0.4, -0.2) is 0 Å². The van der Waals surface area contributed by atoms with Crippen molar-refractivity contribution in [3.05, 3.63) is 32.5 Å². The van der Waals surface area contributed by atoms with E-state index >= 15 is 0 Å². The highest BCUT2D eigenvalue weighted by molar-refractivity contribution is 9.10. The number of hydrogen-bond donors (Lipinski definition) is 0. The minimum absolute atomic E-state index is 0.271. The summed E-state index contributed by atoms with van der Waals surface area (Å²) in [5.74, 6) is -0.271. The van der Waals surface area contributed by atoms with Gasteiger partial charge in [-0.3, -0.25) is 0 Å². The molecule has 0 unspecified atom stereocenters. The molecule has 0 nitrogen and oxygen atoms in total. The van der Waals surface area contributed by atoms with Gasteiger partial charge in [-0.15, -0.1) is 0 Å². The molecule has 0 saturated carbocycles. The van der Waals surface area contributed by atoms with Crippen LogP contribution in [0.1, 0.15) is 11.1 Å². The lowest BCUT2D eigenvalue weighted by Crippen LogP contribution is -1.88. The maximum absolute atomic E-state index is 12.9. The van der Waals surface area contributed by atoms with Crippen LogP contribution in [0.3, 0.4) is 0 Å². The Labute approximate surface area is 78.5 Å². The molecular formula is C8H7BrClF. The largest absolute Gasteiger partial charge is 0.207 e. The van der Waals surface area contributed by atoms with Crippen molar-refractivity contribution >= 4 is 27.5 Å². The van der Waals surface area contributed by atoms with Crippen LogP contribution in [0.4, 0.5) is 4.39 Å². The van der Waals surface area contributed by atoms with Crippen LogP contribution in [0.5, 0.6) is 0 Å². The van der Waals surface area contributed by atoms with Crippen LogP contribution in [0, 0.1) is 19.7 Å². The second-order valence-corrected chi connectivity index (χ2v) is 3.64. The van der Waals surface area contributed by atoms with E-state index in [0.29, 0.717) is 15.1 Å². The summed E-state index contributed by atoms with van der Waals surface area (Å²) in [5.41, 5.74) is 1.39. The number of rotatable bonds is 0. The number of halogens is 3. The van der Waals surface area contributed by atoms with Crippen molar-refractivity contribution in [2.75, 3.05) is 0 Å². The summed E-state index contributed by atoms with van der Waals surface area (Å²) in [4.78, 5) is 0. The van der Waals surface area contributed by atoms with E-state index in [1.54, 1.807) is 6.92 Å². The van der Waals surface area contributed by atoms with Crippen molar-refractivity contribution in [3.8, 4) is 0 Å². The van der Waals surface area contributed by atoms with Gasteiger partial charge < -0.3 is 0 Å². The maximum atomic E-state index is 12.9. The normalized spacial score (nSPS) is 10.3. The van der Waals surface area contributed by atoms with Crippen molar-refractivity contribution in [1.29, 1.82) is 0 Å². The fraction of sp³-hybridized carbons (Fsp3) is 0.250. The van der Waals surface area contributed by atoms with Crippen molar-refractivity contribution in [3.63, 3.8) is 0 Å². The summed E-state index contributed by atoms with van der Waals surface area (Å²) < 4.78 is 13.6. The molecule has 1 aromatic rings. The van der Waals surface area contributed by atoms with Crippen molar-refractivity contribution in [1.82, 2.24) is 0 Å². The summed E-state index contributed by atoms with van der Waals surface area (Å²) >= 11 is 9.02. The van der Waals surface area contributed by atoms with Crippen LogP contribution in [0.2, 0.25) is 5.02 Å². The van der Waals surface area contributed by atoms with E-state index in [1.807, 2.05) is 6.92 Å². The molecule has 0 saturated heterocycles. The number of benzene rings is 1. The maximum Gasteiger partial charge on any atom is 0.128 e. The molecule has 1 rings (SSSR count). The van der Waals surface area contributed by atoms with Crippen LogP contribution < -0.4 is 0 Å². The fourth-order valence-corrected chi connectivity index (χ4v) is 1.52. The van der Waals surface area contributed by atoms with E-state index in [-0.39, 0.29) is 5.82 Å². The minimum Gasteiger partial charge on any atom is -0.207 e. The Morgan fingerprint density at radius 2 is 1.91 bits per heavy atom. The van der Waals surface area contributed by atoms with Crippen LogP contribution in [-0.2, 0) is 0 Å². The summed E-state index contributed by atoms with van der Waals surface area (Å²) in [6, 6.07) is 1.43. The highest BCUT2D eigenvalue weighted by Crippen LogP contribution is 2.28. The lowest BCUT2D eigenvalue weighted by atomic mass is 10.1. The summed E-state index contributed by atoms with van der Waals surface area (Å²) in [6.45, 7) is 3.51. The predicted molar refractivity (Wildman–Crippen MR) is 48.6 cm³/mol. The van der Waals surface area contributed by atoms with E-state index in [1.165, 1.54) is 6.07 Å². The average molecular weight is 237 g/mol. The van der Waals surface area contributed by atoms with Gasteiger partial charge in [-0.25, -0.2) is 4.39 Å².